The van der Waals surface area contributed by atoms with Crippen LogP contribution in [0.5, 0.6) is 0 Å². The molecule has 3 amide bonds. The van der Waals surface area contributed by atoms with Crippen LogP contribution in [0.4, 0.5) is 10.5 Å². The number of nitrogens with zero attached hydrogens (tertiary/aromatic N) is 2. The molecule has 1 aliphatic heterocycles. The molecule has 192 valence electrons. The predicted octanol–water partition coefficient (Wildman–Crippen LogP) is 7.17. The van der Waals surface area contributed by atoms with Crippen LogP contribution in [0.2, 0.25) is 5.02 Å². The van der Waals surface area contributed by atoms with Crippen molar-refractivity contribution >= 4 is 73.9 Å². The molecule has 0 aliphatic carbocycles. The molecular weight excluding hydrogens is 530 g/mol. The third kappa shape index (κ3) is 5.06. The van der Waals surface area contributed by atoms with Crippen molar-refractivity contribution in [3.8, 4) is 0 Å². The van der Waals surface area contributed by atoms with Gasteiger partial charge in [0.1, 0.15) is 6.54 Å². The highest BCUT2D eigenvalue weighted by Gasteiger charge is 2.36. The summed E-state index contributed by atoms with van der Waals surface area (Å²) in [5.41, 5.74) is 3.55. The van der Waals surface area contributed by atoms with Gasteiger partial charge in [-0.3, -0.25) is 19.3 Å². The molecule has 39 heavy (non-hydrogen) atoms. The minimum Gasteiger partial charge on any atom is -0.342 e. The van der Waals surface area contributed by atoms with Crippen molar-refractivity contribution in [2.45, 2.75) is 6.54 Å². The molecule has 1 aliphatic rings. The topological polar surface area (TPSA) is 71.4 Å². The number of para-hydroxylation sites is 1. The summed E-state index contributed by atoms with van der Waals surface area (Å²) in [5.74, 6) is -0.915. The Morgan fingerprint density at radius 1 is 0.872 bits per heavy atom. The number of nitrogens with one attached hydrogen (secondary N) is 1. The van der Waals surface area contributed by atoms with Crippen LogP contribution in [0, 0.1) is 0 Å². The standard InChI is InChI=1S/C31H22ClN3O3S/c32-23-14-12-20(13-15-23)17-34-18-22(25-9-3-4-11-27(25)34)16-28-30(37)35(31(38)39-28)19-29(36)33-26-10-5-7-21-6-1-2-8-24(21)26/h1-16,18H,17,19H2,(H,33,36)/b28-16-. The van der Waals surface area contributed by atoms with E-state index in [-0.39, 0.29) is 11.4 Å². The highest BCUT2D eigenvalue weighted by molar-refractivity contribution is 8.18. The van der Waals surface area contributed by atoms with Gasteiger partial charge >= 0.3 is 0 Å². The lowest BCUT2D eigenvalue weighted by molar-refractivity contribution is -0.127. The predicted molar refractivity (Wildman–Crippen MR) is 158 cm³/mol. The van der Waals surface area contributed by atoms with Crippen LogP contribution in [0.25, 0.3) is 27.8 Å². The van der Waals surface area contributed by atoms with E-state index in [1.165, 1.54) is 0 Å². The van der Waals surface area contributed by atoms with E-state index in [9.17, 15) is 14.4 Å². The Kier molecular flexibility index (Phi) is 6.69. The van der Waals surface area contributed by atoms with E-state index >= 15 is 0 Å². The molecule has 6 nitrogen and oxygen atoms in total. The number of anilines is 1. The summed E-state index contributed by atoms with van der Waals surface area (Å²) in [5, 5.41) is 5.89. The lowest BCUT2D eigenvalue weighted by Gasteiger charge is -2.13. The van der Waals surface area contributed by atoms with Gasteiger partial charge in [0.2, 0.25) is 5.91 Å². The number of benzene rings is 4. The SMILES string of the molecule is O=C(CN1C(=O)S/C(=C\c2cn(Cc3ccc(Cl)cc3)c3ccccc23)C1=O)Nc1cccc2ccccc12. The molecule has 1 aromatic heterocycles. The van der Waals surface area contributed by atoms with Gasteiger partial charge in [-0.05, 0) is 53.1 Å². The smallest absolute Gasteiger partial charge is 0.294 e. The quantitative estimate of drug-likeness (QED) is 0.227. The van der Waals surface area contributed by atoms with Gasteiger partial charge in [0, 0.05) is 45.3 Å². The summed E-state index contributed by atoms with van der Waals surface area (Å²) in [6.45, 7) is 0.269. The average Bonchev–Trinajstić information content (AvgIpc) is 3.42. The number of rotatable bonds is 6. The van der Waals surface area contributed by atoms with E-state index < -0.39 is 17.1 Å². The molecule has 5 aromatic rings. The van der Waals surface area contributed by atoms with Gasteiger partial charge in [-0.15, -0.1) is 0 Å². The lowest BCUT2D eigenvalue weighted by Crippen LogP contribution is -2.36. The Morgan fingerprint density at radius 3 is 2.41 bits per heavy atom. The Hall–Kier alpha value is -4.33. The van der Waals surface area contributed by atoms with Gasteiger partial charge in [0.15, 0.2) is 0 Å². The number of hydrogen-bond acceptors (Lipinski definition) is 4. The van der Waals surface area contributed by atoms with Gasteiger partial charge in [0.25, 0.3) is 11.1 Å². The molecule has 0 saturated carbocycles. The zero-order valence-electron chi connectivity index (χ0n) is 20.6. The highest BCUT2D eigenvalue weighted by Crippen LogP contribution is 2.34. The van der Waals surface area contributed by atoms with Gasteiger partial charge in [-0.25, -0.2) is 0 Å². The minimum absolute atomic E-state index is 0.285. The highest BCUT2D eigenvalue weighted by atomic mass is 35.5. The van der Waals surface area contributed by atoms with Gasteiger partial charge < -0.3 is 9.88 Å². The zero-order valence-corrected chi connectivity index (χ0v) is 22.2. The van der Waals surface area contributed by atoms with Crippen LogP contribution in [0.3, 0.4) is 0 Å². The van der Waals surface area contributed by atoms with Crippen LogP contribution in [0.1, 0.15) is 11.1 Å². The van der Waals surface area contributed by atoms with E-state index in [0.29, 0.717) is 17.3 Å². The first-order valence-electron chi connectivity index (χ1n) is 12.3. The molecule has 0 atom stereocenters. The summed E-state index contributed by atoms with van der Waals surface area (Å²) >= 11 is 6.88. The maximum Gasteiger partial charge on any atom is 0.294 e. The van der Waals surface area contributed by atoms with Gasteiger partial charge in [0.05, 0.1) is 4.91 Å². The molecule has 1 saturated heterocycles. The molecule has 0 spiro atoms. The van der Waals surface area contributed by atoms with Crippen LogP contribution in [0.15, 0.2) is 102 Å². The van der Waals surface area contributed by atoms with E-state index in [4.69, 9.17) is 11.6 Å². The van der Waals surface area contributed by atoms with Crippen LogP contribution < -0.4 is 5.32 Å². The number of imide groups is 1. The summed E-state index contributed by atoms with van der Waals surface area (Å²) in [6, 6.07) is 28.9. The molecule has 6 rings (SSSR count). The maximum atomic E-state index is 13.2. The number of hydrogen-bond donors (Lipinski definition) is 1. The lowest BCUT2D eigenvalue weighted by atomic mass is 10.1. The van der Waals surface area contributed by atoms with Crippen molar-refractivity contribution < 1.29 is 14.4 Å². The van der Waals surface area contributed by atoms with Crippen LogP contribution in [-0.4, -0.2) is 33.1 Å². The molecular formula is C31H22ClN3O3S. The number of aromatic nitrogens is 1. The van der Waals surface area contributed by atoms with E-state index in [1.54, 1.807) is 12.1 Å². The van der Waals surface area contributed by atoms with Gasteiger partial charge in [-0.2, -0.15) is 0 Å². The molecule has 4 aromatic carbocycles. The summed E-state index contributed by atoms with van der Waals surface area (Å²) < 4.78 is 2.10. The van der Waals surface area contributed by atoms with Crippen LogP contribution >= 0.6 is 23.4 Å². The first-order chi connectivity index (χ1) is 19.0. The van der Waals surface area contributed by atoms with Crippen molar-refractivity contribution in [1.29, 1.82) is 0 Å². The number of fused-ring (bicyclic) bond motifs is 2. The van der Waals surface area contributed by atoms with E-state index in [1.807, 2.05) is 91.1 Å². The fraction of sp³-hybridized carbons (Fsp3) is 0.0645. The number of amides is 3. The summed E-state index contributed by atoms with van der Waals surface area (Å²) in [4.78, 5) is 40.1. The first kappa shape index (κ1) is 25.0. The second-order valence-corrected chi connectivity index (χ2v) is 10.6. The molecule has 1 N–H and O–H groups in total. The first-order valence-corrected chi connectivity index (χ1v) is 13.5. The summed E-state index contributed by atoms with van der Waals surface area (Å²) in [7, 11) is 0. The van der Waals surface area contributed by atoms with Crippen molar-refractivity contribution in [3.63, 3.8) is 0 Å². The third-order valence-electron chi connectivity index (χ3n) is 6.61. The number of halogens is 1. The number of thioether (sulfide) groups is 1. The van der Waals surface area contributed by atoms with Crippen LogP contribution in [-0.2, 0) is 16.1 Å². The molecule has 0 bridgehead atoms. The third-order valence-corrected chi connectivity index (χ3v) is 7.77. The minimum atomic E-state index is -0.479. The fourth-order valence-corrected chi connectivity index (χ4v) is 5.71. The Bertz CT molecular complexity index is 1790. The van der Waals surface area contributed by atoms with Crippen molar-refractivity contribution in [2.75, 3.05) is 11.9 Å². The second-order valence-electron chi connectivity index (χ2n) is 9.20. The molecule has 8 heteroatoms. The fourth-order valence-electron chi connectivity index (χ4n) is 4.75. The average molecular weight is 552 g/mol. The molecule has 0 radical (unpaired) electrons. The maximum absolute atomic E-state index is 13.2. The van der Waals surface area contributed by atoms with Crippen molar-refractivity contribution in [1.82, 2.24) is 9.47 Å². The van der Waals surface area contributed by atoms with Crippen molar-refractivity contribution in [2.24, 2.45) is 0 Å². The number of carbonyl (C=O) groups is 3. The Balaban J connectivity index is 1.23. The van der Waals surface area contributed by atoms with E-state index in [2.05, 4.69) is 9.88 Å². The molecule has 2 heterocycles. The second kappa shape index (κ2) is 10.4. The zero-order chi connectivity index (χ0) is 26.9. The molecule has 1 fully saturated rings. The summed E-state index contributed by atoms with van der Waals surface area (Å²) in [6.07, 6.45) is 3.70. The van der Waals surface area contributed by atoms with Crippen molar-refractivity contribution in [3.05, 3.63) is 118 Å². The Morgan fingerprint density at radius 2 is 1.59 bits per heavy atom. The van der Waals surface area contributed by atoms with E-state index in [0.717, 1.165) is 49.5 Å². The normalized spacial score (nSPS) is 14.6. The number of carbonyl (C=O) groups excluding carboxylic acids is 3. The largest absolute Gasteiger partial charge is 0.342 e. The van der Waals surface area contributed by atoms with Gasteiger partial charge in [-0.1, -0.05) is 78.3 Å². The molecule has 0 unspecified atom stereocenters. The monoisotopic (exact) mass is 551 g/mol. The Labute approximate surface area is 233 Å².